The van der Waals surface area contributed by atoms with Crippen molar-refractivity contribution in [3.63, 3.8) is 0 Å². The molecule has 1 heterocycles. The van der Waals surface area contributed by atoms with Crippen molar-refractivity contribution in [3.05, 3.63) is 34.9 Å². The molecule has 0 radical (unpaired) electrons. The summed E-state index contributed by atoms with van der Waals surface area (Å²) in [5.41, 5.74) is 3.86. The van der Waals surface area contributed by atoms with Crippen molar-refractivity contribution in [1.29, 1.82) is 0 Å². The van der Waals surface area contributed by atoms with Gasteiger partial charge in [0.15, 0.2) is 0 Å². The van der Waals surface area contributed by atoms with Crippen LogP contribution in [0.3, 0.4) is 0 Å². The molecule has 3 nitrogen and oxygen atoms in total. The van der Waals surface area contributed by atoms with Gasteiger partial charge >= 0.3 is 5.97 Å². The van der Waals surface area contributed by atoms with Gasteiger partial charge in [-0.3, -0.25) is 4.79 Å². The fraction of sp³-hybridized carbons (Fsp3) is 0.462. The summed E-state index contributed by atoms with van der Waals surface area (Å²) in [5.74, 6) is 0.108. The summed E-state index contributed by atoms with van der Waals surface area (Å²) in [6, 6.07) is 6.43. The Labute approximate surface area is 95.8 Å². The van der Waals surface area contributed by atoms with Gasteiger partial charge in [0, 0.05) is 19.0 Å². The van der Waals surface area contributed by atoms with E-state index in [-0.39, 0.29) is 11.9 Å². The third-order valence-electron chi connectivity index (χ3n) is 3.09. The normalized spacial score (nSPS) is 19.0. The Morgan fingerprint density at radius 2 is 2.38 bits per heavy atom. The van der Waals surface area contributed by atoms with Crippen molar-refractivity contribution in [2.45, 2.75) is 25.8 Å². The minimum absolute atomic E-state index is 0.139. The molecule has 0 spiro atoms. The number of carbonyl (C=O) groups is 1. The average molecular weight is 219 g/mol. The minimum atomic E-state index is -0.139. The second-order valence-electron chi connectivity index (χ2n) is 4.31. The van der Waals surface area contributed by atoms with Crippen LogP contribution < -0.4 is 5.32 Å². The SMILES string of the molecule is COC(=O)CC1CNCc2cc(C)ccc21. The number of hydrogen-bond donors (Lipinski definition) is 1. The van der Waals surface area contributed by atoms with Gasteiger partial charge in [-0.25, -0.2) is 0 Å². The molecule has 1 aliphatic rings. The van der Waals surface area contributed by atoms with Crippen molar-refractivity contribution < 1.29 is 9.53 Å². The highest BCUT2D eigenvalue weighted by Gasteiger charge is 2.22. The molecule has 0 fully saturated rings. The van der Waals surface area contributed by atoms with Crippen LogP contribution in [-0.4, -0.2) is 19.6 Å². The number of carbonyl (C=O) groups excluding carboxylic acids is 1. The Hall–Kier alpha value is -1.35. The lowest BCUT2D eigenvalue weighted by molar-refractivity contribution is -0.141. The molecule has 0 saturated carbocycles. The number of hydrogen-bond acceptors (Lipinski definition) is 3. The first kappa shape index (κ1) is 11.1. The first-order chi connectivity index (χ1) is 7.70. The smallest absolute Gasteiger partial charge is 0.306 e. The third kappa shape index (κ3) is 2.25. The predicted molar refractivity (Wildman–Crippen MR) is 62.3 cm³/mol. The predicted octanol–water partition coefficient (Wildman–Crippen LogP) is 1.74. The van der Waals surface area contributed by atoms with Gasteiger partial charge in [0.1, 0.15) is 0 Å². The molecule has 16 heavy (non-hydrogen) atoms. The number of fused-ring (bicyclic) bond motifs is 1. The van der Waals surface area contributed by atoms with Crippen molar-refractivity contribution in [2.75, 3.05) is 13.7 Å². The number of rotatable bonds is 2. The lowest BCUT2D eigenvalue weighted by Gasteiger charge is -2.26. The largest absolute Gasteiger partial charge is 0.469 e. The lowest BCUT2D eigenvalue weighted by atomic mass is 9.88. The maximum atomic E-state index is 11.3. The zero-order chi connectivity index (χ0) is 11.5. The molecule has 0 bridgehead atoms. The number of esters is 1. The summed E-state index contributed by atoms with van der Waals surface area (Å²) in [6.45, 7) is 3.84. The summed E-state index contributed by atoms with van der Waals surface area (Å²) in [6.07, 6.45) is 0.458. The molecule has 86 valence electrons. The van der Waals surface area contributed by atoms with Crippen LogP contribution in [0.1, 0.15) is 29.0 Å². The number of ether oxygens (including phenoxy) is 1. The maximum Gasteiger partial charge on any atom is 0.306 e. The second kappa shape index (κ2) is 4.66. The zero-order valence-electron chi connectivity index (χ0n) is 9.75. The Kier molecular flexibility index (Phi) is 3.25. The van der Waals surface area contributed by atoms with Crippen LogP contribution in [0, 0.1) is 6.92 Å². The summed E-state index contributed by atoms with van der Waals surface area (Å²) in [7, 11) is 1.44. The molecule has 0 amide bonds. The zero-order valence-corrected chi connectivity index (χ0v) is 9.75. The Bertz CT molecular complexity index is 401. The molecular formula is C13H17NO2. The van der Waals surface area contributed by atoms with Crippen LogP contribution >= 0.6 is 0 Å². The van der Waals surface area contributed by atoms with Gasteiger partial charge in [-0.1, -0.05) is 23.8 Å². The quantitative estimate of drug-likeness (QED) is 0.770. The highest BCUT2D eigenvalue weighted by Crippen LogP contribution is 2.27. The maximum absolute atomic E-state index is 11.3. The molecular weight excluding hydrogens is 202 g/mol. The van der Waals surface area contributed by atoms with E-state index in [1.165, 1.54) is 23.8 Å². The van der Waals surface area contributed by atoms with Gasteiger partial charge in [0.25, 0.3) is 0 Å². The van der Waals surface area contributed by atoms with E-state index in [0.717, 1.165) is 13.1 Å². The lowest BCUT2D eigenvalue weighted by Crippen LogP contribution is -2.29. The Morgan fingerprint density at radius 1 is 1.56 bits per heavy atom. The molecule has 1 aromatic rings. The Morgan fingerprint density at radius 3 is 3.12 bits per heavy atom. The van der Waals surface area contributed by atoms with Crippen molar-refractivity contribution in [2.24, 2.45) is 0 Å². The molecule has 3 heteroatoms. The van der Waals surface area contributed by atoms with Gasteiger partial charge in [-0.2, -0.15) is 0 Å². The molecule has 1 aliphatic heterocycles. The monoisotopic (exact) mass is 219 g/mol. The molecule has 0 saturated heterocycles. The topological polar surface area (TPSA) is 38.3 Å². The van der Waals surface area contributed by atoms with Gasteiger partial charge < -0.3 is 10.1 Å². The fourth-order valence-corrected chi connectivity index (χ4v) is 2.24. The van der Waals surface area contributed by atoms with E-state index < -0.39 is 0 Å². The summed E-state index contributed by atoms with van der Waals surface area (Å²) >= 11 is 0. The first-order valence-electron chi connectivity index (χ1n) is 5.57. The van der Waals surface area contributed by atoms with Gasteiger partial charge in [-0.05, 0) is 18.1 Å². The van der Waals surface area contributed by atoms with E-state index in [1.54, 1.807) is 0 Å². The highest BCUT2D eigenvalue weighted by atomic mass is 16.5. The Balaban J connectivity index is 2.23. The molecule has 1 aromatic carbocycles. The molecule has 0 aromatic heterocycles. The second-order valence-corrected chi connectivity index (χ2v) is 4.31. The van der Waals surface area contributed by atoms with E-state index in [4.69, 9.17) is 4.74 Å². The first-order valence-corrected chi connectivity index (χ1v) is 5.57. The fourth-order valence-electron chi connectivity index (χ4n) is 2.24. The van der Waals surface area contributed by atoms with E-state index in [0.29, 0.717) is 6.42 Å². The molecule has 1 unspecified atom stereocenters. The van der Waals surface area contributed by atoms with E-state index >= 15 is 0 Å². The number of aryl methyl sites for hydroxylation is 1. The summed E-state index contributed by atoms with van der Waals surface area (Å²) in [4.78, 5) is 11.3. The molecule has 2 rings (SSSR count). The number of nitrogens with one attached hydrogen (secondary N) is 1. The molecule has 1 atom stereocenters. The number of benzene rings is 1. The standard InChI is InChI=1S/C13H17NO2/c1-9-3-4-12-10(5-9)7-14-8-11(12)6-13(15)16-2/h3-5,11,14H,6-8H2,1-2H3. The van der Waals surface area contributed by atoms with Crippen LogP contribution in [0.15, 0.2) is 18.2 Å². The molecule has 0 aliphatic carbocycles. The minimum Gasteiger partial charge on any atom is -0.469 e. The van der Waals surface area contributed by atoms with Crippen molar-refractivity contribution in [1.82, 2.24) is 5.32 Å². The van der Waals surface area contributed by atoms with E-state index in [9.17, 15) is 4.79 Å². The van der Waals surface area contributed by atoms with Crippen LogP contribution in [0.4, 0.5) is 0 Å². The van der Waals surface area contributed by atoms with Gasteiger partial charge in [0.05, 0.1) is 13.5 Å². The average Bonchev–Trinajstić information content (AvgIpc) is 2.28. The van der Waals surface area contributed by atoms with E-state index in [2.05, 4.69) is 30.4 Å². The third-order valence-corrected chi connectivity index (χ3v) is 3.09. The van der Waals surface area contributed by atoms with Crippen LogP contribution in [0.25, 0.3) is 0 Å². The number of methoxy groups -OCH3 is 1. The van der Waals surface area contributed by atoms with Crippen LogP contribution in [0.2, 0.25) is 0 Å². The van der Waals surface area contributed by atoms with Crippen LogP contribution in [0.5, 0.6) is 0 Å². The summed E-state index contributed by atoms with van der Waals surface area (Å²) < 4.78 is 4.72. The molecule has 1 N–H and O–H groups in total. The van der Waals surface area contributed by atoms with Gasteiger partial charge in [0.2, 0.25) is 0 Å². The summed E-state index contributed by atoms with van der Waals surface area (Å²) in [5, 5.41) is 3.34. The van der Waals surface area contributed by atoms with Crippen molar-refractivity contribution in [3.8, 4) is 0 Å². The highest BCUT2D eigenvalue weighted by molar-refractivity contribution is 5.70. The van der Waals surface area contributed by atoms with Gasteiger partial charge in [-0.15, -0.1) is 0 Å². The van der Waals surface area contributed by atoms with E-state index in [1.807, 2.05) is 0 Å². The van der Waals surface area contributed by atoms with Crippen molar-refractivity contribution >= 4 is 5.97 Å². The van der Waals surface area contributed by atoms with Crippen LogP contribution in [-0.2, 0) is 16.1 Å².